The number of rotatable bonds is 2. The molecule has 2 aromatic rings. The van der Waals surface area contributed by atoms with Crippen molar-refractivity contribution in [1.82, 2.24) is 4.57 Å². The number of nitrogens with zero attached hydrogens (tertiary/aromatic N) is 1. The van der Waals surface area contributed by atoms with Crippen molar-refractivity contribution in [1.29, 1.82) is 0 Å². The minimum Gasteiger partial charge on any atom is -0.341 e. The lowest BCUT2D eigenvalue weighted by atomic mass is 10.1. The standard InChI is InChI=1S/C12H14F2N2/c1-7-5-10(13)11(14)12-9(7)6-8(2)16(12)4-3-15/h5-6H,3-4,15H2,1-2H3. The summed E-state index contributed by atoms with van der Waals surface area (Å²) in [6.45, 7) is 4.54. The average molecular weight is 224 g/mol. The summed E-state index contributed by atoms with van der Waals surface area (Å²) in [5.74, 6) is -1.59. The lowest BCUT2D eigenvalue weighted by molar-refractivity contribution is 0.510. The first-order valence-electron chi connectivity index (χ1n) is 5.20. The van der Waals surface area contributed by atoms with Crippen molar-refractivity contribution < 1.29 is 8.78 Å². The second kappa shape index (κ2) is 3.87. The van der Waals surface area contributed by atoms with Crippen LogP contribution in [0.25, 0.3) is 10.9 Å². The number of aryl methyl sites for hydroxylation is 2. The van der Waals surface area contributed by atoms with Crippen molar-refractivity contribution in [3.05, 3.63) is 35.0 Å². The first-order valence-corrected chi connectivity index (χ1v) is 5.20. The molecule has 0 aliphatic heterocycles. The molecule has 4 heteroatoms. The summed E-state index contributed by atoms with van der Waals surface area (Å²) in [5.41, 5.74) is 7.43. The van der Waals surface area contributed by atoms with Crippen molar-refractivity contribution in [2.24, 2.45) is 5.73 Å². The number of aromatic nitrogens is 1. The normalized spacial score (nSPS) is 11.3. The lowest BCUT2D eigenvalue weighted by Gasteiger charge is -2.08. The Kier molecular flexibility index (Phi) is 2.68. The van der Waals surface area contributed by atoms with Gasteiger partial charge in [0.1, 0.15) is 0 Å². The summed E-state index contributed by atoms with van der Waals surface area (Å²) in [7, 11) is 0. The molecule has 2 N–H and O–H groups in total. The highest BCUT2D eigenvalue weighted by Gasteiger charge is 2.15. The number of fused-ring (bicyclic) bond motifs is 1. The van der Waals surface area contributed by atoms with Crippen molar-refractivity contribution in [2.75, 3.05) is 6.54 Å². The van der Waals surface area contributed by atoms with Gasteiger partial charge in [0, 0.05) is 24.2 Å². The van der Waals surface area contributed by atoms with Gasteiger partial charge in [-0.15, -0.1) is 0 Å². The fourth-order valence-electron chi connectivity index (χ4n) is 2.08. The molecular weight excluding hydrogens is 210 g/mol. The molecule has 86 valence electrons. The molecule has 2 rings (SSSR count). The molecule has 0 aliphatic rings. The van der Waals surface area contributed by atoms with Gasteiger partial charge in [-0.3, -0.25) is 0 Å². The van der Waals surface area contributed by atoms with Crippen molar-refractivity contribution in [2.45, 2.75) is 20.4 Å². The molecule has 0 saturated heterocycles. The van der Waals surface area contributed by atoms with E-state index in [4.69, 9.17) is 5.73 Å². The molecule has 0 radical (unpaired) electrons. The third-order valence-electron chi connectivity index (χ3n) is 2.84. The van der Waals surface area contributed by atoms with Crippen LogP contribution in [0.15, 0.2) is 12.1 Å². The Balaban J connectivity index is 2.85. The number of hydrogen-bond donors (Lipinski definition) is 1. The topological polar surface area (TPSA) is 30.9 Å². The minimum atomic E-state index is -0.804. The fraction of sp³-hybridized carbons (Fsp3) is 0.333. The van der Waals surface area contributed by atoms with E-state index in [1.54, 1.807) is 11.5 Å². The van der Waals surface area contributed by atoms with Gasteiger partial charge in [0.05, 0.1) is 5.52 Å². The molecule has 0 aliphatic carbocycles. The van der Waals surface area contributed by atoms with Crippen LogP contribution in [0.2, 0.25) is 0 Å². The van der Waals surface area contributed by atoms with Gasteiger partial charge in [-0.05, 0) is 31.5 Å². The Morgan fingerprint density at radius 2 is 1.94 bits per heavy atom. The Morgan fingerprint density at radius 1 is 1.25 bits per heavy atom. The van der Waals surface area contributed by atoms with E-state index in [2.05, 4.69) is 0 Å². The third kappa shape index (κ3) is 1.50. The molecule has 0 amide bonds. The van der Waals surface area contributed by atoms with Gasteiger partial charge >= 0.3 is 0 Å². The first kappa shape index (κ1) is 11.1. The molecule has 0 fully saturated rings. The van der Waals surface area contributed by atoms with Crippen LogP contribution in [0.4, 0.5) is 8.78 Å². The Hall–Kier alpha value is -1.42. The van der Waals surface area contributed by atoms with Gasteiger partial charge in [-0.2, -0.15) is 0 Å². The second-order valence-corrected chi connectivity index (χ2v) is 3.98. The molecule has 0 atom stereocenters. The van der Waals surface area contributed by atoms with Gasteiger partial charge in [0.25, 0.3) is 0 Å². The van der Waals surface area contributed by atoms with Gasteiger partial charge in [0.2, 0.25) is 0 Å². The molecule has 1 aromatic heterocycles. The van der Waals surface area contributed by atoms with E-state index < -0.39 is 11.6 Å². The molecule has 0 spiro atoms. The molecule has 1 heterocycles. The smallest absolute Gasteiger partial charge is 0.183 e. The Bertz CT molecular complexity index is 544. The summed E-state index contributed by atoms with van der Waals surface area (Å²) >= 11 is 0. The molecular formula is C12H14F2N2. The first-order chi connectivity index (χ1) is 7.56. The molecule has 16 heavy (non-hydrogen) atoms. The van der Waals surface area contributed by atoms with Crippen LogP contribution in [0.1, 0.15) is 11.3 Å². The molecule has 0 saturated carbocycles. The van der Waals surface area contributed by atoms with Crippen LogP contribution in [0.5, 0.6) is 0 Å². The highest BCUT2D eigenvalue weighted by Crippen LogP contribution is 2.27. The number of nitrogens with two attached hydrogens (primary N) is 1. The van der Waals surface area contributed by atoms with Crippen molar-refractivity contribution in [3.8, 4) is 0 Å². The zero-order valence-electron chi connectivity index (χ0n) is 9.35. The van der Waals surface area contributed by atoms with E-state index in [1.165, 1.54) is 6.07 Å². The minimum absolute atomic E-state index is 0.320. The largest absolute Gasteiger partial charge is 0.341 e. The highest BCUT2D eigenvalue weighted by molar-refractivity contribution is 5.85. The van der Waals surface area contributed by atoms with Gasteiger partial charge < -0.3 is 10.3 Å². The highest BCUT2D eigenvalue weighted by atomic mass is 19.2. The van der Waals surface area contributed by atoms with Crippen molar-refractivity contribution >= 4 is 10.9 Å². The monoisotopic (exact) mass is 224 g/mol. The maximum atomic E-state index is 13.7. The summed E-state index contributed by atoms with van der Waals surface area (Å²) in [6, 6.07) is 3.09. The van der Waals surface area contributed by atoms with Gasteiger partial charge in [-0.1, -0.05) is 0 Å². The SMILES string of the molecule is Cc1cc(F)c(F)c2c1cc(C)n2CCN. The van der Waals surface area contributed by atoms with Gasteiger partial charge in [0.15, 0.2) is 11.6 Å². The lowest BCUT2D eigenvalue weighted by Crippen LogP contribution is -2.11. The maximum absolute atomic E-state index is 13.7. The van der Waals surface area contributed by atoms with Gasteiger partial charge in [-0.25, -0.2) is 8.78 Å². The fourth-order valence-corrected chi connectivity index (χ4v) is 2.08. The number of hydrogen-bond acceptors (Lipinski definition) is 1. The quantitative estimate of drug-likeness (QED) is 0.834. The maximum Gasteiger partial charge on any atom is 0.183 e. The van der Waals surface area contributed by atoms with E-state index in [0.29, 0.717) is 18.6 Å². The predicted octanol–water partition coefficient (Wildman–Crippen LogP) is 2.50. The van der Waals surface area contributed by atoms with Crippen LogP contribution in [-0.2, 0) is 6.54 Å². The second-order valence-electron chi connectivity index (χ2n) is 3.98. The zero-order chi connectivity index (χ0) is 11.9. The Labute approximate surface area is 92.7 Å². The van der Waals surface area contributed by atoms with E-state index >= 15 is 0 Å². The van der Waals surface area contributed by atoms with E-state index in [9.17, 15) is 8.78 Å². The average Bonchev–Trinajstić information content (AvgIpc) is 2.55. The molecule has 2 nitrogen and oxygen atoms in total. The number of halogens is 2. The van der Waals surface area contributed by atoms with E-state index in [-0.39, 0.29) is 0 Å². The number of benzene rings is 1. The summed E-state index contributed by atoms with van der Waals surface area (Å²) in [6.07, 6.45) is 0. The molecule has 1 aromatic carbocycles. The van der Waals surface area contributed by atoms with Crippen LogP contribution >= 0.6 is 0 Å². The van der Waals surface area contributed by atoms with E-state index in [0.717, 1.165) is 16.6 Å². The summed E-state index contributed by atoms with van der Waals surface area (Å²) < 4.78 is 28.8. The van der Waals surface area contributed by atoms with Crippen LogP contribution in [-0.4, -0.2) is 11.1 Å². The molecule has 0 bridgehead atoms. The van der Waals surface area contributed by atoms with E-state index in [1.807, 2.05) is 13.0 Å². The van der Waals surface area contributed by atoms with Crippen molar-refractivity contribution in [3.63, 3.8) is 0 Å². The van der Waals surface area contributed by atoms with Crippen LogP contribution in [0.3, 0.4) is 0 Å². The van der Waals surface area contributed by atoms with Crippen LogP contribution in [0, 0.1) is 25.5 Å². The van der Waals surface area contributed by atoms with Crippen LogP contribution < -0.4 is 5.73 Å². The molecule has 0 unspecified atom stereocenters. The predicted molar refractivity (Wildman–Crippen MR) is 60.4 cm³/mol. The Morgan fingerprint density at radius 3 is 2.56 bits per heavy atom. The third-order valence-corrected chi connectivity index (χ3v) is 2.84. The summed E-state index contributed by atoms with van der Waals surface area (Å²) in [4.78, 5) is 0. The zero-order valence-corrected chi connectivity index (χ0v) is 9.35. The summed E-state index contributed by atoms with van der Waals surface area (Å²) in [5, 5.41) is 0.754.